The van der Waals surface area contributed by atoms with Crippen molar-refractivity contribution in [2.75, 3.05) is 0 Å². The van der Waals surface area contributed by atoms with Crippen molar-refractivity contribution in [1.29, 1.82) is 0 Å². The van der Waals surface area contributed by atoms with Crippen molar-refractivity contribution in [3.63, 3.8) is 0 Å². The molecular weight excluding hydrogens is 260 g/mol. The van der Waals surface area contributed by atoms with Crippen LogP contribution >= 0.6 is 0 Å². The van der Waals surface area contributed by atoms with Gasteiger partial charge in [0.2, 0.25) is 0 Å². The zero-order valence-electron chi connectivity index (χ0n) is 12.9. The number of rotatable bonds is 3. The molecule has 0 aromatic heterocycles. The number of carbonyl (C=O) groups excluding carboxylic acids is 1. The third kappa shape index (κ3) is 3.91. The summed E-state index contributed by atoms with van der Waals surface area (Å²) in [5.41, 5.74) is 7.65. The summed E-state index contributed by atoms with van der Waals surface area (Å²) in [6, 6.07) is 7.46. The lowest BCUT2D eigenvalue weighted by Crippen LogP contribution is -2.23. The number of hydrazone groups is 1. The van der Waals surface area contributed by atoms with Gasteiger partial charge in [-0.05, 0) is 57.2 Å². The van der Waals surface area contributed by atoms with Crippen LogP contribution in [0.1, 0.15) is 42.6 Å². The van der Waals surface area contributed by atoms with Gasteiger partial charge in [0, 0.05) is 5.56 Å². The molecule has 0 bridgehead atoms. The van der Waals surface area contributed by atoms with E-state index in [1.165, 1.54) is 0 Å². The molecule has 1 unspecified atom stereocenters. The van der Waals surface area contributed by atoms with E-state index in [4.69, 9.17) is 0 Å². The molecule has 1 N–H and O–H groups in total. The van der Waals surface area contributed by atoms with E-state index >= 15 is 0 Å². The predicted molar refractivity (Wildman–Crippen MR) is 87.4 cm³/mol. The molecule has 1 aliphatic rings. The average molecular weight is 282 g/mol. The molecule has 1 atom stereocenters. The fourth-order valence-electron chi connectivity index (χ4n) is 2.31. The van der Waals surface area contributed by atoms with E-state index in [0.29, 0.717) is 11.5 Å². The van der Waals surface area contributed by atoms with Gasteiger partial charge in [0.25, 0.3) is 5.91 Å². The second kappa shape index (κ2) is 6.53. The lowest BCUT2D eigenvalue weighted by molar-refractivity contribution is 0.0954. The van der Waals surface area contributed by atoms with Crippen molar-refractivity contribution in [3.05, 3.63) is 59.2 Å². The molecule has 1 aliphatic carbocycles. The Kier molecular flexibility index (Phi) is 4.73. The van der Waals surface area contributed by atoms with E-state index in [2.05, 4.69) is 23.2 Å². The van der Waals surface area contributed by atoms with Crippen LogP contribution in [0.5, 0.6) is 0 Å². The van der Waals surface area contributed by atoms with Crippen molar-refractivity contribution < 1.29 is 4.79 Å². The van der Waals surface area contributed by atoms with Gasteiger partial charge in [-0.1, -0.05) is 35.9 Å². The lowest BCUT2D eigenvalue weighted by Gasteiger charge is -2.22. The molecule has 0 spiro atoms. The Hall–Kier alpha value is -2.16. The molecule has 21 heavy (non-hydrogen) atoms. The van der Waals surface area contributed by atoms with E-state index in [1.807, 2.05) is 45.0 Å². The fraction of sp³-hybridized carbons (Fsp3) is 0.333. The smallest absolute Gasteiger partial charge is 0.267 e. The molecule has 2 rings (SSSR count). The van der Waals surface area contributed by atoms with Gasteiger partial charge in [0.1, 0.15) is 0 Å². The molecule has 0 radical (unpaired) electrons. The summed E-state index contributed by atoms with van der Waals surface area (Å²) in [6.45, 7) is 10.1. The summed E-state index contributed by atoms with van der Waals surface area (Å²) in [5.74, 6) is 0.247. The SMILES string of the molecule is C=C(C)C1CC=C(C)C(=NNC(=O)c2ccc(C)cc2)C1. The fourth-order valence-corrected chi connectivity index (χ4v) is 2.31. The molecule has 0 fully saturated rings. The Morgan fingerprint density at radius 1 is 1.29 bits per heavy atom. The molecule has 3 nitrogen and oxygen atoms in total. The molecule has 3 heteroatoms. The standard InChI is InChI=1S/C18H22N2O/c1-12(2)16-10-7-14(4)17(11-16)19-20-18(21)15-8-5-13(3)6-9-15/h5-9,16H,1,10-11H2,2-4H3,(H,20,21). The minimum atomic E-state index is -0.173. The minimum Gasteiger partial charge on any atom is -0.267 e. The Balaban J connectivity index is 2.07. The van der Waals surface area contributed by atoms with E-state index in [0.717, 1.165) is 35.3 Å². The summed E-state index contributed by atoms with van der Waals surface area (Å²) in [7, 11) is 0. The molecule has 0 aliphatic heterocycles. The minimum absolute atomic E-state index is 0.173. The highest BCUT2D eigenvalue weighted by atomic mass is 16.2. The van der Waals surface area contributed by atoms with Crippen LogP contribution in [0, 0.1) is 12.8 Å². The molecule has 0 saturated carbocycles. The maximum Gasteiger partial charge on any atom is 0.271 e. The lowest BCUT2D eigenvalue weighted by atomic mass is 9.85. The number of amides is 1. The van der Waals surface area contributed by atoms with Crippen LogP contribution < -0.4 is 5.43 Å². The predicted octanol–water partition coefficient (Wildman–Crippen LogP) is 4.01. The molecule has 1 aromatic carbocycles. The quantitative estimate of drug-likeness (QED) is 0.660. The Morgan fingerprint density at radius 3 is 2.57 bits per heavy atom. The monoisotopic (exact) mass is 282 g/mol. The van der Waals surface area contributed by atoms with Gasteiger partial charge >= 0.3 is 0 Å². The van der Waals surface area contributed by atoms with E-state index < -0.39 is 0 Å². The van der Waals surface area contributed by atoms with Crippen LogP contribution in [-0.4, -0.2) is 11.6 Å². The van der Waals surface area contributed by atoms with Crippen LogP contribution in [-0.2, 0) is 0 Å². The first-order chi connectivity index (χ1) is 9.97. The second-order valence-corrected chi connectivity index (χ2v) is 5.74. The Bertz CT molecular complexity index is 609. The van der Waals surface area contributed by atoms with E-state index in [1.54, 1.807) is 0 Å². The number of allylic oxidation sites excluding steroid dienone is 3. The van der Waals surface area contributed by atoms with Crippen molar-refractivity contribution in [2.45, 2.75) is 33.6 Å². The van der Waals surface area contributed by atoms with Crippen molar-refractivity contribution in [1.82, 2.24) is 5.43 Å². The topological polar surface area (TPSA) is 41.5 Å². The third-order valence-electron chi connectivity index (χ3n) is 3.91. The number of nitrogens with one attached hydrogen (secondary N) is 1. The maximum atomic E-state index is 12.1. The van der Waals surface area contributed by atoms with E-state index in [-0.39, 0.29) is 5.91 Å². The van der Waals surface area contributed by atoms with Crippen molar-refractivity contribution in [3.8, 4) is 0 Å². The van der Waals surface area contributed by atoms with Crippen LogP contribution in [0.2, 0.25) is 0 Å². The Morgan fingerprint density at radius 2 is 1.95 bits per heavy atom. The molecule has 1 aromatic rings. The molecule has 110 valence electrons. The van der Waals surface area contributed by atoms with Gasteiger partial charge in [-0.3, -0.25) is 4.79 Å². The highest BCUT2D eigenvalue weighted by Gasteiger charge is 2.18. The number of carbonyl (C=O) groups is 1. The number of hydrogen-bond donors (Lipinski definition) is 1. The first kappa shape index (κ1) is 15.2. The number of benzene rings is 1. The van der Waals surface area contributed by atoms with Gasteiger partial charge in [-0.25, -0.2) is 5.43 Å². The summed E-state index contributed by atoms with van der Waals surface area (Å²) in [5, 5.41) is 4.30. The highest BCUT2D eigenvalue weighted by molar-refractivity contribution is 6.02. The zero-order chi connectivity index (χ0) is 15.4. The van der Waals surface area contributed by atoms with Crippen LogP contribution in [0.4, 0.5) is 0 Å². The van der Waals surface area contributed by atoms with Gasteiger partial charge in [0.15, 0.2) is 0 Å². The van der Waals surface area contributed by atoms with E-state index in [9.17, 15) is 4.79 Å². The Labute approximate surface area is 126 Å². The second-order valence-electron chi connectivity index (χ2n) is 5.74. The summed E-state index contributed by atoms with van der Waals surface area (Å²) in [4.78, 5) is 12.1. The van der Waals surface area contributed by atoms with Crippen LogP contribution in [0.25, 0.3) is 0 Å². The van der Waals surface area contributed by atoms with Crippen molar-refractivity contribution in [2.24, 2.45) is 11.0 Å². The van der Waals surface area contributed by atoms with Gasteiger partial charge in [-0.2, -0.15) is 5.10 Å². The maximum absolute atomic E-state index is 12.1. The first-order valence-electron chi connectivity index (χ1n) is 7.23. The van der Waals surface area contributed by atoms with Gasteiger partial charge in [0.05, 0.1) is 5.71 Å². The number of aryl methyl sites for hydroxylation is 1. The molecule has 0 saturated heterocycles. The molecular formula is C18H22N2O. The third-order valence-corrected chi connectivity index (χ3v) is 3.91. The average Bonchev–Trinajstić information content (AvgIpc) is 2.46. The molecule has 1 amide bonds. The normalized spacial score (nSPS) is 20.0. The zero-order valence-corrected chi connectivity index (χ0v) is 12.9. The van der Waals surface area contributed by atoms with Crippen LogP contribution in [0.15, 0.2) is 53.2 Å². The first-order valence-corrected chi connectivity index (χ1v) is 7.23. The van der Waals surface area contributed by atoms with Crippen LogP contribution in [0.3, 0.4) is 0 Å². The highest BCUT2D eigenvalue weighted by Crippen LogP contribution is 2.26. The van der Waals surface area contributed by atoms with Gasteiger partial charge < -0.3 is 0 Å². The summed E-state index contributed by atoms with van der Waals surface area (Å²) >= 11 is 0. The summed E-state index contributed by atoms with van der Waals surface area (Å²) < 4.78 is 0. The summed E-state index contributed by atoms with van der Waals surface area (Å²) in [6.07, 6.45) is 4.01. The number of hydrogen-bond acceptors (Lipinski definition) is 2. The largest absolute Gasteiger partial charge is 0.271 e. The van der Waals surface area contributed by atoms with Crippen molar-refractivity contribution >= 4 is 11.6 Å². The van der Waals surface area contributed by atoms with Gasteiger partial charge in [-0.15, -0.1) is 0 Å². The molecule has 0 heterocycles. The number of nitrogens with zero attached hydrogens (tertiary/aromatic N) is 1.